The molecular weight excluding hydrogens is 302 g/mol. The highest BCUT2D eigenvalue weighted by molar-refractivity contribution is 5.87. The molecule has 0 aliphatic heterocycles. The summed E-state index contributed by atoms with van der Waals surface area (Å²) in [5.41, 5.74) is 5.95. The van der Waals surface area contributed by atoms with Crippen molar-refractivity contribution in [1.29, 1.82) is 0 Å². The molecule has 5 nitrogen and oxygen atoms in total. The van der Waals surface area contributed by atoms with Crippen LogP contribution in [0.4, 0.5) is 0 Å². The highest BCUT2D eigenvalue weighted by atomic mass is 35.5. The summed E-state index contributed by atoms with van der Waals surface area (Å²) < 4.78 is 0. The van der Waals surface area contributed by atoms with Gasteiger partial charge in [0.1, 0.15) is 6.04 Å². The Balaban J connectivity index is 0.00000242. The quantitative estimate of drug-likeness (QED) is 0.664. The molecule has 0 saturated heterocycles. The molecule has 0 bridgehead atoms. The van der Waals surface area contributed by atoms with Gasteiger partial charge in [-0.05, 0) is 44.4 Å². The second-order valence-corrected chi connectivity index (χ2v) is 6.74. The van der Waals surface area contributed by atoms with Crippen molar-refractivity contribution in [2.45, 2.75) is 70.4 Å². The molecule has 2 amide bonds. The van der Waals surface area contributed by atoms with E-state index in [4.69, 9.17) is 5.73 Å². The van der Waals surface area contributed by atoms with Crippen LogP contribution < -0.4 is 16.4 Å². The van der Waals surface area contributed by atoms with E-state index in [9.17, 15) is 9.59 Å². The van der Waals surface area contributed by atoms with Gasteiger partial charge in [0.05, 0.1) is 0 Å². The minimum atomic E-state index is -0.479. The molecular formula is C16H30ClN3O2. The second-order valence-electron chi connectivity index (χ2n) is 6.74. The summed E-state index contributed by atoms with van der Waals surface area (Å²) in [6.45, 7) is 2.24. The monoisotopic (exact) mass is 331 g/mol. The second kappa shape index (κ2) is 9.36. The van der Waals surface area contributed by atoms with E-state index < -0.39 is 6.04 Å². The first-order valence-corrected chi connectivity index (χ1v) is 8.39. The van der Waals surface area contributed by atoms with E-state index in [-0.39, 0.29) is 30.3 Å². The fraction of sp³-hybridized carbons (Fsp3) is 0.875. The maximum absolute atomic E-state index is 12.0. The van der Waals surface area contributed by atoms with E-state index in [1.165, 1.54) is 32.1 Å². The van der Waals surface area contributed by atoms with E-state index in [1.54, 1.807) is 6.92 Å². The number of hydrogen-bond donors (Lipinski definition) is 3. The molecule has 2 aliphatic rings. The van der Waals surface area contributed by atoms with Crippen LogP contribution in [0.2, 0.25) is 0 Å². The van der Waals surface area contributed by atoms with Crippen molar-refractivity contribution in [3.05, 3.63) is 0 Å². The fourth-order valence-electron chi connectivity index (χ4n) is 3.08. The lowest BCUT2D eigenvalue weighted by Crippen LogP contribution is -2.48. The van der Waals surface area contributed by atoms with Gasteiger partial charge in [-0.25, -0.2) is 0 Å². The van der Waals surface area contributed by atoms with Gasteiger partial charge in [0.15, 0.2) is 0 Å². The third-order valence-electron chi connectivity index (χ3n) is 4.71. The van der Waals surface area contributed by atoms with E-state index in [2.05, 4.69) is 10.6 Å². The van der Waals surface area contributed by atoms with Gasteiger partial charge in [-0.1, -0.05) is 19.3 Å². The van der Waals surface area contributed by atoms with E-state index in [0.717, 1.165) is 12.8 Å². The first-order chi connectivity index (χ1) is 10.1. The molecule has 22 heavy (non-hydrogen) atoms. The van der Waals surface area contributed by atoms with Crippen LogP contribution in [0.25, 0.3) is 0 Å². The molecule has 0 aromatic carbocycles. The Morgan fingerprint density at radius 2 is 1.77 bits per heavy atom. The lowest BCUT2D eigenvalue weighted by atomic mass is 9.87. The number of halogens is 1. The molecule has 0 aromatic rings. The zero-order chi connectivity index (χ0) is 15.2. The van der Waals surface area contributed by atoms with Crippen molar-refractivity contribution in [1.82, 2.24) is 10.6 Å². The summed E-state index contributed by atoms with van der Waals surface area (Å²) in [6, 6.07) is -0.424. The van der Waals surface area contributed by atoms with Crippen molar-refractivity contribution in [3.63, 3.8) is 0 Å². The summed E-state index contributed by atoms with van der Waals surface area (Å²) in [6.07, 6.45) is 8.93. The van der Waals surface area contributed by atoms with Crippen molar-refractivity contribution in [2.24, 2.45) is 17.6 Å². The number of hydrogen-bond acceptors (Lipinski definition) is 3. The zero-order valence-corrected chi connectivity index (χ0v) is 14.3. The first-order valence-electron chi connectivity index (χ1n) is 8.39. The SMILES string of the molecule is CC(NC(=O)CC1CCCCC1)C(=O)NCC(N)C1CC1.Cl. The molecule has 6 heteroatoms. The summed E-state index contributed by atoms with van der Waals surface area (Å²) in [4.78, 5) is 23.9. The Hall–Kier alpha value is -0.810. The molecule has 2 fully saturated rings. The minimum Gasteiger partial charge on any atom is -0.353 e. The van der Waals surface area contributed by atoms with Crippen molar-refractivity contribution < 1.29 is 9.59 Å². The maximum Gasteiger partial charge on any atom is 0.242 e. The fourth-order valence-corrected chi connectivity index (χ4v) is 3.08. The average molecular weight is 332 g/mol. The molecule has 2 saturated carbocycles. The lowest BCUT2D eigenvalue weighted by Gasteiger charge is -2.22. The van der Waals surface area contributed by atoms with Crippen molar-refractivity contribution in [2.75, 3.05) is 6.54 Å². The standard InChI is InChI=1S/C16H29N3O2.ClH/c1-11(16(21)18-10-14(17)13-7-8-13)19-15(20)9-12-5-3-2-4-6-12;/h11-14H,2-10,17H2,1H3,(H,18,21)(H,19,20);1H. The van der Waals surface area contributed by atoms with Gasteiger partial charge in [0, 0.05) is 19.0 Å². The first kappa shape index (κ1) is 19.2. The third kappa shape index (κ3) is 6.53. The highest BCUT2D eigenvalue weighted by Gasteiger charge is 2.29. The van der Waals surface area contributed by atoms with Gasteiger partial charge in [0.25, 0.3) is 0 Å². The number of nitrogens with one attached hydrogen (secondary N) is 2. The van der Waals surface area contributed by atoms with Gasteiger partial charge >= 0.3 is 0 Å². The maximum atomic E-state index is 12.0. The Kier molecular flexibility index (Phi) is 8.18. The van der Waals surface area contributed by atoms with Crippen molar-refractivity contribution >= 4 is 24.2 Å². The number of nitrogens with two attached hydrogens (primary N) is 1. The van der Waals surface area contributed by atoms with E-state index >= 15 is 0 Å². The zero-order valence-electron chi connectivity index (χ0n) is 13.5. The van der Waals surface area contributed by atoms with Gasteiger partial charge in [0.2, 0.25) is 11.8 Å². The van der Waals surface area contributed by atoms with Gasteiger partial charge in [-0.15, -0.1) is 12.4 Å². The van der Waals surface area contributed by atoms with Crippen LogP contribution in [-0.4, -0.2) is 30.4 Å². The largest absolute Gasteiger partial charge is 0.353 e. The Bertz CT molecular complexity index is 368. The average Bonchev–Trinajstić information content (AvgIpc) is 3.29. The molecule has 2 rings (SSSR count). The van der Waals surface area contributed by atoms with Gasteiger partial charge in [-0.2, -0.15) is 0 Å². The molecule has 4 N–H and O–H groups in total. The van der Waals surface area contributed by atoms with Crippen LogP contribution in [0, 0.1) is 11.8 Å². The normalized spacial score (nSPS) is 21.4. The topological polar surface area (TPSA) is 84.2 Å². The number of rotatable bonds is 7. The molecule has 0 radical (unpaired) electrons. The number of carbonyl (C=O) groups is 2. The predicted octanol–water partition coefficient (Wildman–Crippen LogP) is 1.74. The van der Waals surface area contributed by atoms with Gasteiger partial charge < -0.3 is 16.4 Å². The summed E-state index contributed by atoms with van der Waals surface area (Å²) >= 11 is 0. The van der Waals surface area contributed by atoms with Crippen LogP contribution in [0.1, 0.15) is 58.3 Å². The van der Waals surface area contributed by atoms with Crippen LogP contribution in [-0.2, 0) is 9.59 Å². The Labute approximate surface area is 139 Å². The summed E-state index contributed by atoms with van der Waals surface area (Å²) in [5.74, 6) is 0.929. The predicted molar refractivity (Wildman–Crippen MR) is 89.8 cm³/mol. The smallest absolute Gasteiger partial charge is 0.242 e. The van der Waals surface area contributed by atoms with Gasteiger partial charge in [-0.3, -0.25) is 9.59 Å². The number of amides is 2. The minimum absolute atomic E-state index is 0. The van der Waals surface area contributed by atoms with Crippen LogP contribution in [0.15, 0.2) is 0 Å². The van der Waals surface area contributed by atoms with E-state index in [1.807, 2.05) is 0 Å². The summed E-state index contributed by atoms with van der Waals surface area (Å²) in [5, 5.41) is 5.64. The number of carbonyl (C=O) groups excluding carboxylic acids is 2. The molecule has 128 valence electrons. The third-order valence-corrected chi connectivity index (χ3v) is 4.71. The summed E-state index contributed by atoms with van der Waals surface area (Å²) in [7, 11) is 0. The Morgan fingerprint density at radius 3 is 2.36 bits per heavy atom. The lowest BCUT2D eigenvalue weighted by molar-refractivity contribution is -0.129. The highest BCUT2D eigenvalue weighted by Crippen LogP contribution is 2.31. The molecule has 2 atom stereocenters. The van der Waals surface area contributed by atoms with Crippen molar-refractivity contribution in [3.8, 4) is 0 Å². The Morgan fingerprint density at radius 1 is 1.14 bits per heavy atom. The molecule has 2 aliphatic carbocycles. The van der Waals surface area contributed by atoms with Crippen LogP contribution >= 0.6 is 12.4 Å². The molecule has 0 spiro atoms. The van der Waals surface area contributed by atoms with E-state index in [0.29, 0.717) is 24.8 Å². The van der Waals surface area contributed by atoms with Crippen LogP contribution in [0.3, 0.4) is 0 Å². The molecule has 0 heterocycles. The van der Waals surface area contributed by atoms with Crippen LogP contribution in [0.5, 0.6) is 0 Å². The molecule has 2 unspecified atom stereocenters. The molecule has 0 aromatic heterocycles.